The number of rotatable bonds is 6. The summed E-state index contributed by atoms with van der Waals surface area (Å²) in [7, 11) is 0. The first-order chi connectivity index (χ1) is 15.8. The lowest BCUT2D eigenvalue weighted by atomic mass is 10.1. The van der Waals surface area contributed by atoms with Gasteiger partial charge in [-0.05, 0) is 74.0 Å². The summed E-state index contributed by atoms with van der Waals surface area (Å²) in [5.41, 5.74) is 3.75. The van der Waals surface area contributed by atoms with Crippen LogP contribution in [0.2, 0.25) is 0 Å². The summed E-state index contributed by atoms with van der Waals surface area (Å²) >= 11 is 2.27. The first kappa shape index (κ1) is 22.9. The largest absolute Gasteiger partial charge is 0.450 e. The van der Waals surface area contributed by atoms with Crippen molar-refractivity contribution in [1.82, 2.24) is 4.90 Å². The molecule has 6 nitrogen and oxygen atoms in total. The van der Waals surface area contributed by atoms with Crippen molar-refractivity contribution >= 4 is 52.3 Å². The molecule has 0 aliphatic carbocycles. The molecule has 1 N–H and O–H groups in total. The molecule has 0 unspecified atom stereocenters. The number of imide groups is 1. The number of thioether (sulfide) groups is 1. The van der Waals surface area contributed by atoms with E-state index < -0.39 is 17.1 Å². The maximum atomic E-state index is 12.7. The molecule has 3 amide bonds. The van der Waals surface area contributed by atoms with Crippen molar-refractivity contribution in [3.8, 4) is 0 Å². The molecule has 2 aromatic carbocycles. The molecular weight excluding hydrogens is 456 g/mol. The Morgan fingerprint density at radius 3 is 2.52 bits per heavy atom. The Morgan fingerprint density at radius 2 is 1.76 bits per heavy atom. The molecule has 1 saturated heterocycles. The lowest BCUT2D eigenvalue weighted by Crippen LogP contribution is -2.36. The van der Waals surface area contributed by atoms with Crippen molar-refractivity contribution < 1.29 is 18.8 Å². The number of carbonyl (C=O) groups is 3. The minimum atomic E-state index is -0.509. The Hall–Kier alpha value is -3.23. The molecule has 0 atom stereocenters. The fourth-order valence-corrected chi connectivity index (χ4v) is 4.76. The fraction of sp³-hybridized carbons (Fsp3) is 0.160. The van der Waals surface area contributed by atoms with E-state index in [1.807, 2.05) is 69.3 Å². The molecule has 0 bridgehead atoms. The monoisotopic (exact) mass is 478 g/mol. The summed E-state index contributed by atoms with van der Waals surface area (Å²) in [6, 6.07) is 17.3. The van der Waals surface area contributed by atoms with Crippen LogP contribution >= 0.6 is 23.5 Å². The highest BCUT2D eigenvalue weighted by Crippen LogP contribution is 2.34. The van der Waals surface area contributed by atoms with Crippen LogP contribution in [0.15, 0.2) is 73.9 Å². The lowest BCUT2D eigenvalue weighted by molar-refractivity contribution is -0.127. The van der Waals surface area contributed by atoms with Crippen LogP contribution in [0.4, 0.5) is 10.5 Å². The molecule has 8 heteroatoms. The van der Waals surface area contributed by atoms with E-state index in [9.17, 15) is 14.4 Å². The van der Waals surface area contributed by atoms with E-state index in [0.29, 0.717) is 16.5 Å². The molecule has 0 spiro atoms. The molecule has 1 aliphatic heterocycles. The Kier molecular flexibility index (Phi) is 6.76. The number of carbonyl (C=O) groups excluding carboxylic acids is 3. The number of amides is 3. The van der Waals surface area contributed by atoms with Crippen LogP contribution in [0.1, 0.15) is 22.5 Å². The van der Waals surface area contributed by atoms with Crippen molar-refractivity contribution in [2.75, 3.05) is 11.9 Å². The van der Waals surface area contributed by atoms with Gasteiger partial charge in [0.15, 0.2) is 5.09 Å². The van der Waals surface area contributed by atoms with E-state index in [4.69, 9.17) is 4.42 Å². The maximum absolute atomic E-state index is 12.7. The van der Waals surface area contributed by atoms with Crippen LogP contribution in [0.25, 0.3) is 6.08 Å². The summed E-state index contributed by atoms with van der Waals surface area (Å²) in [6.45, 7) is 5.49. The van der Waals surface area contributed by atoms with Gasteiger partial charge in [0.1, 0.15) is 12.3 Å². The second-order valence-corrected chi connectivity index (χ2v) is 9.78. The van der Waals surface area contributed by atoms with E-state index in [2.05, 4.69) is 5.32 Å². The Bertz CT molecular complexity index is 1260. The van der Waals surface area contributed by atoms with Crippen molar-refractivity contribution in [3.05, 3.63) is 82.0 Å². The molecule has 33 heavy (non-hydrogen) atoms. The van der Waals surface area contributed by atoms with Gasteiger partial charge in [-0.2, -0.15) is 0 Å². The molecular formula is C25H22N2O4S2. The number of benzene rings is 2. The Balaban J connectivity index is 1.41. The van der Waals surface area contributed by atoms with Crippen LogP contribution in [0.5, 0.6) is 0 Å². The normalized spacial score (nSPS) is 14.9. The molecule has 1 aromatic heterocycles. The van der Waals surface area contributed by atoms with E-state index >= 15 is 0 Å². The van der Waals surface area contributed by atoms with Crippen molar-refractivity contribution in [2.24, 2.45) is 0 Å². The minimum absolute atomic E-state index is 0.223. The minimum Gasteiger partial charge on any atom is -0.450 e. The van der Waals surface area contributed by atoms with Gasteiger partial charge < -0.3 is 9.73 Å². The first-order valence-electron chi connectivity index (χ1n) is 10.3. The number of anilines is 1. The van der Waals surface area contributed by atoms with Gasteiger partial charge in [-0.15, -0.1) is 0 Å². The van der Waals surface area contributed by atoms with Crippen molar-refractivity contribution in [2.45, 2.75) is 30.8 Å². The Morgan fingerprint density at radius 1 is 1.03 bits per heavy atom. The maximum Gasteiger partial charge on any atom is 0.294 e. The molecule has 1 aliphatic rings. The zero-order valence-corrected chi connectivity index (χ0v) is 20.0. The van der Waals surface area contributed by atoms with Gasteiger partial charge in [-0.1, -0.05) is 41.6 Å². The van der Waals surface area contributed by atoms with Gasteiger partial charge in [-0.3, -0.25) is 19.3 Å². The smallest absolute Gasteiger partial charge is 0.294 e. The van der Waals surface area contributed by atoms with Gasteiger partial charge >= 0.3 is 0 Å². The zero-order valence-electron chi connectivity index (χ0n) is 18.4. The molecule has 1 fully saturated rings. The molecule has 168 valence electrons. The predicted molar refractivity (Wildman–Crippen MR) is 131 cm³/mol. The molecule has 2 heterocycles. The number of nitrogens with one attached hydrogen (secondary N) is 1. The molecule has 0 radical (unpaired) electrons. The fourth-order valence-electron chi connectivity index (χ4n) is 3.16. The second-order valence-electron chi connectivity index (χ2n) is 7.71. The summed E-state index contributed by atoms with van der Waals surface area (Å²) in [5, 5.41) is 2.97. The number of hydrogen-bond acceptors (Lipinski definition) is 6. The third-order valence-electron chi connectivity index (χ3n) is 4.96. The second kappa shape index (κ2) is 9.72. The lowest BCUT2D eigenvalue weighted by Gasteiger charge is -2.14. The summed E-state index contributed by atoms with van der Waals surface area (Å²) in [6.07, 6.45) is 1.53. The van der Waals surface area contributed by atoms with Crippen LogP contribution < -0.4 is 5.32 Å². The van der Waals surface area contributed by atoms with Gasteiger partial charge in [-0.25, -0.2) is 0 Å². The zero-order chi connectivity index (χ0) is 23.5. The first-order valence-corrected chi connectivity index (χ1v) is 11.9. The van der Waals surface area contributed by atoms with E-state index in [1.54, 1.807) is 6.07 Å². The van der Waals surface area contributed by atoms with Crippen LogP contribution in [0, 0.1) is 20.8 Å². The summed E-state index contributed by atoms with van der Waals surface area (Å²) < 4.78 is 5.79. The average molecular weight is 479 g/mol. The van der Waals surface area contributed by atoms with Gasteiger partial charge in [0.25, 0.3) is 11.1 Å². The van der Waals surface area contributed by atoms with E-state index in [0.717, 1.165) is 32.7 Å². The van der Waals surface area contributed by atoms with Crippen LogP contribution in [-0.4, -0.2) is 28.5 Å². The Labute approximate surface area is 200 Å². The molecule has 0 saturated carbocycles. The molecule has 3 aromatic rings. The van der Waals surface area contributed by atoms with E-state index in [1.165, 1.54) is 23.4 Å². The van der Waals surface area contributed by atoms with Crippen molar-refractivity contribution in [1.29, 1.82) is 0 Å². The van der Waals surface area contributed by atoms with Gasteiger partial charge in [0.2, 0.25) is 5.91 Å². The van der Waals surface area contributed by atoms with Gasteiger partial charge in [0, 0.05) is 16.7 Å². The average Bonchev–Trinajstić information content (AvgIpc) is 3.31. The van der Waals surface area contributed by atoms with Crippen LogP contribution in [0.3, 0.4) is 0 Å². The highest BCUT2D eigenvalue weighted by molar-refractivity contribution is 8.18. The standard InChI is InChI=1S/C25H22N2O4S2/c1-15-5-9-19(10-6-15)32-23-11-8-18(31-23)13-21-24(29)27(25(30)33-21)14-22(28)26-20-12-16(2)4-7-17(20)3/h4-13H,14H2,1-3H3,(H,26,28)/b21-13-. The third kappa shape index (κ3) is 5.58. The van der Waals surface area contributed by atoms with Crippen LogP contribution in [-0.2, 0) is 9.59 Å². The highest BCUT2D eigenvalue weighted by atomic mass is 32.2. The summed E-state index contributed by atoms with van der Waals surface area (Å²) in [5.74, 6) is -0.470. The number of hydrogen-bond donors (Lipinski definition) is 1. The predicted octanol–water partition coefficient (Wildman–Crippen LogP) is 6.03. The van der Waals surface area contributed by atoms with Crippen molar-refractivity contribution in [3.63, 3.8) is 0 Å². The summed E-state index contributed by atoms with van der Waals surface area (Å²) in [4.78, 5) is 39.8. The topological polar surface area (TPSA) is 79.6 Å². The number of aryl methyl sites for hydroxylation is 3. The molecule has 4 rings (SSSR count). The highest BCUT2D eigenvalue weighted by Gasteiger charge is 2.36. The van der Waals surface area contributed by atoms with Gasteiger partial charge in [0.05, 0.1) is 4.91 Å². The number of nitrogens with zero attached hydrogens (tertiary/aromatic N) is 1. The number of furan rings is 1. The van der Waals surface area contributed by atoms with E-state index in [-0.39, 0.29) is 11.4 Å². The SMILES string of the molecule is Cc1ccc(Sc2ccc(/C=C3\SC(=O)N(CC(=O)Nc4cc(C)ccc4C)C3=O)o2)cc1. The quantitative estimate of drug-likeness (QED) is 0.436. The third-order valence-corrected chi connectivity index (χ3v) is 6.79.